The standard InChI is InChI=1S/C28H31N5O3Si/c1-27(2,3)37(22-10-6-4-7-11-22,23-12-8-5-9-13-23)36-18-21-17-35-28(16-24(21)28)32-15-14-25(31-26(32)34)33-20-29-19-30-33/h4-15,19-21,24H,16-18H2,1-3H3/t21-,24-,28-/m1/s1. The zero-order chi connectivity index (χ0) is 25.7. The second-order valence-electron chi connectivity index (χ2n) is 11.0. The molecule has 0 unspecified atom stereocenters. The van der Waals surface area contributed by atoms with E-state index in [2.05, 4.69) is 96.5 Å². The number of fused-ring (bicyclic) bond motifs is 1. The Balaban J connectivity index is 1.27. The maximum Gasteiger partial charge on any atom is 0.351 e. The molecule has 0 amide bonds. The molecule has 1 saturated heterocycles. The van der Waals surface area contributed by atoms with E-state index in [1.54, 1.807) is 16.8 Å². The molecule has 4 aromatic rings. The highest BCUT2D eigenvalue weighted by Gasteiger charge is 2.66. The van der Waals surface area contributed by atoms with E-state index in [9.17, 15) is 4.79 Å². The minimum atomic E-state index is -2.63. The molecule has 0 N–H and O–H groups in total. The first-order chi connectivity index (χ1) is 17.8. The minimum Gasteiger partial charge on any atom is -0.407 e. The van der Waals surface area contributed by atoms with Crippen molar-refractivity contribution in [1.29, 1.82) is 0 Å². The van der Waals surface area contributed by atoms with Gasteiger partial charge in [0, 0.05) is 31.1 Å². The molecule has 3 heterocycles. The van der Waals surface area contributed by atoms with Crippen molar-refractivity contribution in [2.45, 2.75) is 38.0 Å². The van der Waals surface area contributed by atoms with Crippen LogP contribution in [-0.2, 0) is 14.9 Å². The van der Waals surface area contributed by atoms with Gasteiger partial charge in [0.25, 0.3) is 8.32 Å². The van der Waals surface area contributed by atoms with Crippen molar-refractivity contribution in [1.82, 2.24) is 24.3 Å². The lowest BCUT2D eigenvalue weighted by atomic mass is 10.1. The molecule has 2 fully saturated rings. The van der Waals surface area contributed by atoms with E-state index in [0.29, 0.717) is 19.0 Å². The third-order valence-electron chi connectivity index (χ3n) is 7.83. The molecule has 0 bridgehead atoms. The fourth-order valence-corrected chi connectivity index (χ4v) is 10.6. The van der Waals surface area contributed by atoms with Crippen LogP contribution in [0.4, 0.5) is 0 Å². The lowest BCUT2D eigenvalue weighted by molar-refractivity contribution is -0.00341. The quantitative estimate of drug-likeness (QED) is 0.354. The maximum atomic E-state index is 13.0. The highest BCUT2D eigenvalue weighted by molar-refractivity contribution is 6.99. The van der Waals surface area contributed by atoms with Crippen LogP contribution < -0.4 is 16.1 Å². The van der Waals surface area contributed by atoms with Crippen LogP contribution in [0.2, 0.25) is 5.04 Å². The number of aromatic nitrogens is 5. The van der Waals surface area contributed by atoms with E-state index >= 15 is 0 Å². The van der Waals surface area contributed by atoms with E-state index in [1.807, 2.05) is 0 Å². The van der Waals surface area contributed by atoms with Crippen molar-refractivity contribution in [3.05, 3.63) is 96.1 Å². The molecule has 0 radical (unpaired) electrons. The van der Waals surface area contributed by atoms with Crippen molar-refractivity contribution < 1.29 is 9.16 Å². The molecular formula is C28H31N5O3Si. The van der Waals surface area contributed by atoms with Crippen molar-refractivity contribution in [3.63, 3.8) is 0 Å². The van der Waals surface area contributed by atoms with E-state index < -0.39 is 14.0 Å². The second-order valence-corrected chi connectivity index (χ2v) is 15.3. The Hall–Kier alpha value is -3.40. The first-order valence-corrected chi connectivity index (χ1v) is 14.6. The monoisotopic (exact) mass is 513 g/mol. The first kappa shape index (κ1) is 24.0. The summed E-state index contributed by atoms with van der Waals surface area (Å²) in [5, 5.41) is 6.50. The predicted octanol–water partition coefficient (Wildman–Crippen LogP) is 2.72. The lowest BCUT2D eigenvalue weighted by Crippen LogP contribution is -2.67. The van der Waals surface area contributed by atoms with Crippen LogP contribution in [0.25, 0.3) is 5.82 Å². The van der Waals surface area contributed by atoms with Crippen LogP contribution in [-0.4, -0.2) is 45.8 Å². The molecule has 1 aliphatic carbocycles. The molecule has 2 aromatic carbocycles. The summed E-state index contributed by atoms with van der Waals surface area (Å²) < 4.78 is 16.6. The largest absolute Gasteiger partial charge is 0.407 e. The van der Waals surface area contributed by atoms with Gasteiger partial charge in [-0.3, -0.25) is 4.57 Å². The molecule has 9 heteroatoms. The zero-order valence-electron chi connectivity index (χ0n) is 21.3. The van der Waals surface area contributed by atoms with E-state index in [4.69, 9.17) is 9.16 Å². The summed E-state index contributed by atoms with van der Waals surface area (Å²) in [5.74, 6) is 0.850. The molecule has 2 aliphatic rings. The van der Waals surface area contributed by atoms with Gasteiger partial charge in [0.1, 0.15) is 12.7 Å². The van der Waals surface area contributed by atoms with Gasteiger partial charge in [0.2, 0.25) is 0 Å². The highest BCUT2D eigenvalue weighted by atomic mass is 28.4. The minimum absolute atomic E-state index is 0.0894. The number of hydrogen-bond acceptors (Lipinski definition) is 6. The molecule has 2 aromatic heterocycles. The van der Waals surface area contributed by atoms with Crippen LogP contribution in [0.3, 0.4) is 0 Å². The van der Waals surface area contributed by atoms with E-state index in [1.165, 1.54) is 27.7 Å². The maximum absolute atomic E-state index is 13.0. The highest BCUT2D eigenvalue weighted by Crippen LogP contribution is 2.60. The number of ether oxygens (including phenoxy) is 1. The Labute approximate surface area is 217 Å². The Morgan fingerprint density at radius 1 is 1.05 bits per heavy atom. The smallest absolute Gasteiger partial charge is 0.351 e. The number of nitrogens with zero attached hydrogens (tertiary/aromatic N) is 5. The van der Waals surface area contributed by atoms with E-state index in [0.717, 1.165) is 6.42 Å². The van der Waals surface area contributed by atoms with Gasteiger partial charge in [-0.15, -0.1) is 0 Å². The van der Waals surface area contributed by atoms with Crippen molar-refractivity contribution in [2.75, 3.05) is 13.2 Å². The average Bonchev–Trinajstić information content (AvgIpc) is 3.22. The Bertz CT molecular complexity index is 1400. The molecule has 8 nitrogen and oxygen atoms in total. The topological polar surface area (TPSA) is 84.1 Å². The third kappa shape index (κ3) is 3.89. The van der Waals surface area contributed by atoms with Gasteiger partial charge in [-0.05, 0) is 21.5 Å². The van der Waals surface area contributed by atoms with E-state index in [-0.39, 0.29) is 22.6 Å². The summed E-state index contributed by atoms with van der Waals surface area (Å²) in [6.07, 6.45) is 5.48. The summed E-state index contributed by atoms with van der Waals surface area (Å²) in [5.41, 5.74) is -0.978. The molecule has 37 heavy (non-hydrogen) atoms. The Morgan fingerprint density at radius 3 is 2.27 bits per heavy atom. The fourth-order valence-electron chi connectivity index (χ4n) is 5.97. The van der Waals surface area contributed by atoms with Gasteiger partial charge < -0.3 is 9.16 Å². The normalized spacial score (nSPS) is 23.1. The van der Waals surface area contributed by atoms with Crippen molar-refractivity contribution >= 4 is 18.7 Å². The van der Waals surface area contributed by atoms with Crippen LogP contribution in [0.15, 0.2) is 90.4 Å². The first-order valence-electron chi connectivity index (χ1n) is 12.7. The van der Waals surface area contributed by atoms with Crippen LogP contribution in [0.1, 0.15) is 27.2 Å². The number of benzene rings is 2. The van der Waals surface area contributed by atoms with Gasteiger partial charge >= 0.3 is 5.69 Å². The van der Waals surface area contributed by atoms with Crippen LogP contribution in [0.5, 0.6) is 0 Å². The molecular weight excluding hydrogens is 482 g/mol. The predicted molar refractivity (Wildman–Crippen MR) is 143 cm³/mol. The summed E-state index contributed by atoms with van der Waals surface area (Å²) in [7, 11) is -2.63. The number of hydrogen-bond donors (Lipinski definition) is 0. The summed E-state index contributed by atoms with van der Waals surface area (Å²) >= 11 is 0. The Morgan fingerprint density at radius 2 is 1.73 bits per heavy atom. The molecule has 1 aliphatic heterocycles. The summed E-state index contributed by atoms with van der Waals surface area (Å²) in [6, 6.07) is 23.1. The molecule has 190 valence electrons. The van der Waals surface area contributed by atoms with Gasteiger partial charge in [-0.25, -0.2) is 14.5 Å². The van der Waals surface area contributed by atoms with Gasteiger partial charge in [-0.2, -0.15) is 10.1 Å². The fraction of sp³-hybridized carbons (Fsp3) is 0.357. The molecule has 0 spiro atoms. The third-order valence-corrected chi connectivity index (χ3v) is 12.8. The zero-order valence-corrected chi connectivity index (χ0v) is 22.3. The molecule has 1 saturated carbocycles. The molecule has 6 rings (SSSR count). The van der Waals surface area contributed by atoms with Crippen LogP contribution >= 0.6 is 0 Å². The number of rotatable bonds is 7. The Kier molecular flexibility index (Phi) is 5.74. The van der Waals surface area contributed by atoms with Gasteiger partial charge in [0.05, 0.1) is 6.61 Å². The summed E-state index contributed by atoms with van der Waals surface area (Å²) in [6.45, 7) is 7.99. The van der Waals surface area contributed by atoms with Gasteiger partial charge in [0.15, 0.2) is 11.5 Å². The lowest BCUT2D eigenvalue weighted by Gasteiger charge is -2.43. The van der Waals surface area contributed by atoms with Crippen LogP contribution in [0, 0.1) is 11.8 Å². The molecule has 3 atom stereocenters. The summed E-state index contributed by atoms with van der Waals surface area (Å²) in [4.78, 5) is 21.1. The van der Waals surface area contributed by atoms with Crippen molar-refractivity contribution in [2.24, 2.45) is 11.8 Å². The SMILES string of the molecule is CC(C)(C)[Si](OC[C@H]1CO[C@]2(n3ccc(-n4cncn4)nc3=O)C[C@H]12)(c1ccccc1)c1ccccc1. The van der Waals surface area contributed by atoms with Gasteiger partial charge in [-0.1, -0.05) is 81.4 Å². The average molecular weight is 514 g/mol. The second kappa shape index (κ2) is 8.86. The van der Waals surface area contributed by atoms with Crippen molar-refractivity contribution in [3.8, 4) is 5.82 Å².